The second-order valence-electron chi connectivity index (χ2n) is 4.60. The van der Waals surface area contributed by atoms with Crippen LogP contribution in [0.25, 0.3) is 0 Å². The molecule has 0 aliphatic heterocycles. The maximum Gasteiger partial charge on any atom is 0.123 e. The van der Waals surface area contributed by atoms with Crippen LogP contribution in [0.3, 0.4) is 0 Å². The number of aliphatic hydroxyl groups is 1. The fourth-order valence-electron chi connectivity index (χ4n) is 1.62. The number of hydrogen-bond donors (Lipinski definition) is 2. The molecule has 0 fully saturated rings. The Balaban J connectivity index is 2.82. The molecular weight excluding hydrogens is 230 g/mol. The molecule has 102 valence electrons. The Morgan fingerprint density at radius 1 is 1.28 bits per heavy atom. The van der Waals surface area contributed by atoms with E-state index in [1.54, 1.807) is 14.2 Å². The summed E-state index contributed by atoms with van der Waals surface area (Å²) in [5.41, 5.74) is 0.749. The van der Waals surface area contributed by atoms with Gasteiger partial charge in [0.15, 0.2) is 0 Å². The lowest BCUT2D eigenvalue weighted by atomic mass is 9.99. The summed E-state index contributed by atoms with van der Waals surface area (Å²) in [6, 6.07) is 5.70. The van der Waals surface area contributed by atoms with Crippen LogP contribution in [-0.4, -0.2) is 31.5 Å². The zero-order valence-electron chi connectivity index (χ0n) is 11.6. The Kier molecular flexibility index (Phi) is 5.44. The third-order valence-electron chi connectivity index (χ3n) is 3.32. The maximum atomic E-state index is 9.37. The topological polar surface area (TPSA) is 50.7 Å². The van der Waals surface area contributed by atoms with Crippen molar-refractivity contribution in [1.29, 1.82) is 0 Å². The number of nitrogens with one attached hydrogen (secondary N) is 1. The zero-order chi connectivity index (χ0) is 13.6. The quantitative estimate of drug-likeness (QED) is 0.780. The van der Waals surface area contributed by atoms with Gasteiger partial charge in [0.1, 0.15) is 11.5 Å². The molecule has 1 aromatic carbocycles. The molecule has 1 atom stereocenters. The first-order chi connectivity index (χ1) is 8.58. The lowest BCUT2D eigenvalue weighted by Gasteiger charge is -2.27. The maximum absolute atomic E-state index is 9.37. The van der Waals surface area contributed by atoms with E-state index in [9.17, 15) is 5.11 Å². The Morgan fingerprint density at radius 2 is 2.00 bits per heavy atom. The molecule has 0 saturated carbocycles. The summed E-state index contributed by atoms with van der Waals surface area (Å²) in [6.07, 6.45) is 0.857. The molecule has 1 aromatic rings. The number of hydrogen-bond acceptors (Lipinski definition) is 4. The van der Waals surface area contributed by atoms with Crippen LogP contribution in [0, 0.1) is 0 Å². The second kappa shape index (κ2) is 6.61. The smallest absolute Gasteiger partial charge is 0.123 e. The van der Waals surface area contributed by atoms with E-state index in [-0.39, 0.29) is 12.1 Å². The molecule has 1 unspecified atom stereocenters. The number of rotatable bonds is 7. The first kappa shape index (κ1) is 14.8. The van der Waals surface area contributed by atoms with Crippen molar-refractivity contribution in [3.8, 4) is 11.5 Å². The Bertz CT molecular complexity index is 375. The number of ether oxygens (including phenoxy) is 2. The van der Waals surface area contributed by atoms with Crippen LogP contribution in [0.5, 0.6) is 11.5 Å². The van der Waals surface area contributed by atoms with E-state index < -0.39 is 0 Å². The van der Waals surface area contributed by atoms with E-state index in [4.69, 9.17) is 9.47 Å². The van der Waals surface area contributed by atoms with E-state index in [0.717, 1.165) is 23.5 Å². The van der Waals surface area contributed by atoms with Crippen LogP contribution >= 0.6 is 0 Å². The molecule has 0 saturated heterocycles. The average molecular weight is 253 g/mol. The van der Waals surface area contributed by atoms with Crippen LogP contribution in [0.2, 0.25) is 0 Å². The van der Waals surface area contributed by atoms with E-state index in [0.29, 0.717) is 6.54 Å². The fraction of sp³-hybridized carbons (Fsp3) is 0.571. The van der Waals surface area contributed by atoms with Crippen LogP contribution in [0.4, 0.5) is 0 Å². The molecule has 4 heteroatoms. The van der Waals surface area contributed by atoms with Gasteiger partial charge in [-0.05, 0) is 31.5 Å². The van der Waals surface area contributed by atoms with Gasteiger partial charge in [-0.3, -0.25) is 0 Å². The summed E-state index contributed by atoms with van der Waals surface area (Å²) in [4.78, 5) is 0. The van der Waals surface area contributed by atoms with Crippen LogP contribution in [-0.2, 0) is 6.54 Å². The van der Waals surface area contributed by atoms with Crippen molar-refractivity contribution in [3.05, 3.63) is 23.8 Å². The summed E-state index contributed by atoms with van der Waals surface area (Å²) < 4.78 is 10.5. The van der Waals surface area contributed by atoms with Crippen molar-refractivity contribution in [2.24, 2.45) is 0 Å². The Hall–Kier alpha value is -1.26. The molecule has 0 spiro atoms. The molecule has 0 aliphatic rings. The summed E-state index contributed by atoms with van der Waals surface area (Å²) in [5, 5.41) is 12.7. The Labute approximate surface area is 109 Å². The number of methoxy groups -OCH3 is 2. The van der Waals surface area contributed by atoms with Gasteiger partial charge >= 0.3 is 0 Å². The number of aliphatic hydroxyl groups excluding tert-OH is 1. The molecule has 4 nitrogen and oxygen atoms in total. The van der Waals surface area contributed by atoms with Crippen LogP contribution in [0.1, 0.15) is 25.8 Å². The molecule has 0 bridgehead atoms. The first-order valence-electron chi connectivity index (χ1n) is 6.15. The van der Waals surface area contributed by atoms with Crippen LogP contribution in [0.15, 0.2) is 18.2 Å². The normalized spacial score (nSPS) is 14.1. The van der Waals surface area contributed by atoms with Gasteiger partial charge < -0.3 is 19.9 Å². The van der Waals surface area contributed by atoms with Gasteiger partial charge in [0.05, 0.1) is 20.8 Å². The standard InChI is InChI=1S/C14H23NO3/c1-5-14(2,10-16)15-9-11-8-12(17-3)6-7-13(11)18-4/h6-8,15-16H,5,9-10H2,1-4H3. The van der Waals surface area contributed by atoms with Gasteiger partial charge in [0, 0.05) is 17.6 Å². The highest BCUT2D eigenvalue weighted by Crippen LogP contribution is 2.24. The summed E-state index contributed by atoms with van der Waals surface area (Å²) in [7, 11) is 3.29. The largest absolute Gasteiger partial charge is 0.497 e. The van der Waals surface area contributed by atoms with Crippen molar-refractivity contribution >= 4 is 0 Å². The third-order valence-corrected chi connectivity index (χ3v) is 3.32. The molecule has 0 amide bonds. The minimum absolute atomic E-state index is 0.107. The molecule has 0 aliphatic carbocycles. The summed E-state index contributed by atoms with van der Waals surface area (Å²) in [5.74, 6) is 1.62. The molecular formula is C14H23NO3. The van der Waals surface area contributed by atoms with E-state index >= 15 is 0 Å². The lowest BCUT2D eigenvalue weighted by molar-refractivity contribution is 0.168. The van der Waals surface area contributed by atoms with Gasteiger partial charge in [0.2, 0.25) is 0 Å². The highest BCUT2D eigenvalue weighted by molar-refractivity contribution is 5.40. The SMILES string of the molecule is CCC(C)(CO)NCc1cc(OC)ccc1OC. The van der Waals surface area contributed by atoms with Crippen LogP contribution < -0.4 is 14.8 Å². The van der Waals surface area contributed by atoms with Gasteiger partial charge in [-0.1, -0.05) is 6.92 Å². The zero-order valence-corrected chi connectivity index (χ0v) is 11.6. The van der Waals surface area contributed by atoms with Crippen molar-refractivity contribution in [3.63, 3.8) is 0 Å². The summed E-state index contributed by atoms with van der Waals surface area (Å²) in [6.45, 7) is 4.78. The van der Waals surface area contributed by atoms with Gasteiger partial charge in [-0.2, -0.15) is 0 Å². The highest BCUT2D eigenvalue weighted by atomic mass is 16.5. The molecule has 1 rings (SSSR count). The predicted molar refractivity (Wildman–Crippen MR) is 72.2 cm³/mol. The predicted octanol–water partition coefficient (Wildman–Crippen LogP) is 1.95. The third kappa shape index (κ3) is 3.62. The molecule has 0 heterocycles. The van der Waals surface area contributed by atoms with Gasteiger partial charge in [0.25, 0.3) is 0 Å². The van der Waals surface area contributed by atoms with Crippen molar-refractivity contribution in [2.45, 2.75) is 32.4 Å². The van der Waals surface area contributed by atoms with E-state index in [1.165, 1.54) is 0 Å². The fourth-order valence-corrected chi connectivity index (χ4v) is 1.62. The summed E-state index contributed by atoms with van der Waals surface area (Å²) >= 11 is 0. The van der Waals surface area contributed by atoms with Crippen molar-refractivity contribution in [1.82, 2.24) is 5.32 Å². The van der Waals surface area contributed by atoms with Crippen molar-refractivity contribution in [2.75, 3.05) is 20.8 Å². The monoisotopic (exact) mass is 253 g/mol. The molecule has 0 radical (unpaired) electrons. The average Bonchev–Trinajstić information content (AvgIpc) is 2.44. The minimum Gasteiger partial charge on any atom is -0.497 e. The Morgan fingerprint density at radius 3 is 2.50 bits per heavy atom. The molecule has 2 N–H and O–H groups in total. The second-order valence-corrected chi connectivity index (χ2v) is 4.60. The van der Waals surface area contributed by atoms with E-state index in [1.807, 2.05) is 32.0 Å². The van der Waals surface area contributed by atoms with Gasteiger partial charge in [-0.15, -0.1) is 0 Å². The minimum atomic E-state index is -0.270. The lowest BCUT2D eigenvalue weighted by Crippen LogP contribution is -2.44. The molecule has 0 aromatic heterocycles. The molecule has 18 heavy (non-hydrogen) atoms. The van der Waals surface area contributed by atoms with Gasteiger partial charge in [-0.25, -0.2) is 0 Å². The first-order valence-corrected chi connectivity index (χ1v) is 6.15. The van der Waals surface area contributed by atoms with E-state index in [2.05, 4.69) is 5.32 Å². The number of benzene rings is 1. The highest BCUT2D eigenvalue weighted by Gasteiger charge is 2.20. The van der Waals surface area contributed by atoms with Crippen molar-refractivity contribution < 1.29 is 14.6 Å².